The standard InChI is InChI=1S/C9H10N6OS/c10-15-8-13-6(4-7(16)14-8)5-17-9-11-2-1-3-12-9/h1-4H,5,10H2,(H2,13,14,15,16). The molecule has 2 aromatic heterocycles. The molecule has 0 bridgehead atoms. The maximum Gasteiger partial charge on any atom is 0.252 e. The average molecular weight is 250 g/mol. The van der Waals surface area contributed by atoms with Gasteiger partial charge in [-0.05, 0) is 6.07 Å². The van der Waals surface area contributed by atoms with Crippen LogP contribution in [0.25, 0.3) is 0 Å². The molecule has 7 nitrogen and oxygen atoms in total. The molecule has 4 N–H and O–H groups in total. The minimum Gasteiger partial charge on any atom is -0.294 e. The summed E-state index contributed by atoms with van der Waals surface area (Å²) >= 11 is 1.40. The predicted molar refractivity (Wildman–Crippen MR) is 64.3 cm³/mol. The van der Waals surface area contributed by atoms with Crippen molar-refractivity contribution in [2.75, 3.05) is 5.43 Å². The number of aromatic nitrogens is 4. The lowest BCUT2D eigenvalue weighted by molar-refractivity contribution is 0.962. The lowest BCUT2D eigenvalue weighted by atomic mass is 10.4. The number of rotatable bonds is 4. The van der Waals surface area contributed by atoms with Crippen molar-refractivity contribution in [3.63, 3.8) is 0 Å². The number of hydrazine groups is 1. The third kappa shape index (κ3) is 3.26. The van der Waals surface area contributed by atoms with Crippen LogP contribution in [-0.4, -0.2) is 19.9 Å². The van der Waals surface area contributed by atoms with Crippen LogP contribution in [0, 0.1) is 0 Å². The highest BCUT2D eigenvalue weighted by molar-refractivity contribution is 7.98. The average Bonchev–Trinajstić information content (AvgIpc) is 2.37. The molecule has 0 aromatic carbocycles. The highest BCUT2D eigenvalue weighted by Crippen LogP contribution is 2.16. The van der Waals surface area contributed by atoms with Crippen molar-refractivity contribution < 1.29 is 0 Å². The Hall–Kier alpha value is -1.93. The van der Waals surface area contributed by atoms with E-state index in [2.05, 4.69) is 25.4 Å². The lowest BCUT2D eigenvalue weighted by Crippen LogP contribution is -2.17. The zero-order valence-electron chi connectivity index (χ0n) is 8.75. The van der Waals surface area contributed by atoms with E-state index in [0.717, 1.165) is 0 Å². The zero-order chi connectivity index (χ0) is 12.1. The molecule has 0 saturated heterocycles. The zero-order valence-corrected chi connectivity index (χ0v) is 9.57. The molecule has 2 heterocycles. The van der Waals surface area contributed by atoms with Crippen LogP contribution in [0.5, 0.6) is 0 Å². The molecule has 0 aliphatic rings. The van der Waals surface area contributed by atoms with Gasteiger partial charge in [0, 0.05) is 24.2 Å². The molecule has 0 spiro atoms. The normalized spacial score (nSPS) is 10.2. The molecular weight excluding hydrogens is 240 g/mol. The predicted octanol–water partition coefficient (Wildman–Crippen LogP) is 0.138. The molecule has 2 rings (SSSR count). The summed E-state index contributed by atoms with van der Waals surface area (Å²) < 4.78 is 0. The SMILES string of the molecule is NNc1nc(CSc2ncccn2)cc(=O)[nH]1. The maximum atomic E-state index is 11.2. The van der Waals surface area contributed by atoms with Gasteiger partial charge < -0.3 is 0 Å². The van der Waals surface area contributed by atoms with Crippen LogP contribution in [0.1, 0.15) is 5.69 Å². The Kier molecular flexibility index (Phi) is 3.68. The van der Waals surface area contributed by atoms with Gasteiger partial charge in [-0.25, -0.2) is 20.8 Å². The van der Waals surface area contributed by atoms with Crippen molar-refractivity contribution in [2.45, 2.75) is 10.9 Å². The second kappa shape index (κ2) is 5.41. The van der Waals surface area contributed by atoms with E-state index in [9.17, 15) is 4.79 Å². The molecule has 0 saturated carbocycles. The van der Waals surface area contributed by atoms with Crippen LogP contribution in [-0.2, 0) is 5.75 Å². The third-order valence-corrected chi connectivity index (χ3v) is 2.73. The molecule has 0 aliphatic heterocycles. The van der Waals surface area contributed by atoms with Crippen molar-refractivity contribution in [3.8, 4) is 0 Å². The van der Waals surface area contributed by atoms with E-state index in [1.165, 1.54) is 17.8 Å². The third-order valence-electron chi connectivity index (χ3n) is 1.82. The van der Waals surface area contributed by atoms with Gasteiger partial charge in [0.25, 0.3) is 5.56 Å². The number of nitrogen functional groups attached to an aromatic ring is 1. The first-order chi connectivity index (χ1) is 8.28. The number of thioether (sulfide) groups is 1. The van der Waals surface area contributed by atoms with Crippen LogP contribution >= 0.6 is 11.8 Å². The highest BCUT2D eigenvalue weighted by atomic mass is 32.2. The maximum absolute atomic E-state index is 11.2. The molecule has 0 unspecified atom stereocenters. The second-order valence-corrected chi connectivity index (χ2v) is 3.99. The summed E-state index contributed by atoms with van der Waals surface area (Å²) in [7, 11) is 0. The molecule has 8 heteroatoms. The summed E-state index contributed by atoms with van der Waals surface area (Å²) in [4.78, 5) is 25.9. The van der Waals surface area contributed by atoms with Crippen LogP contribution in [0.4, 0.5) is 5.95 Å². The number of H-pyrrole nitrogens is 1. The molecule has 2 aromatic rings. The van der Waals surface area contributed by atoms with Crippen LogP contribution in [0.15, 0.2) is 34.5 Å². The second-order valence-electron chi connectivity index (χ2n) is 3.05. The minimum atomic E-state index is -0.252. The van der Waals surface area contributed by atoms with Gasteiger partial charge in [-0.1, -0.05) is 11.8 Å². The van der Waals surface area contributed by atoms with Crippen LogP contribution in [0.2, 0.25) is 0 Å². The van der Waals surface area contributed by atoms with Gasteiger partial charge in [-0.2, -0.15) is 0 Å². The largest absolute Gasteiger partial charge is 0.294 e. The Morgan fingerprint density at radius 3 is 2.88 bits per heavy atom. The van der Waals surface area contributed by atoms with Gasteiger partial charge in [0.2, 0.25) is 5.95 Å². The number of nitrogens with one attached hydrogen (secondary N) is 2. The quantitative estimate of drug-likeness (QED) is 0.306. The first-order valence-corrected chi connectivity index (χ1v) is 5.73. The number of aromatic amines is 1. The number of anilines is 1. The Labute approximate surface area is 101 Å². The summed E-state index contributed by atoms with van der Waals surface area (Å²) in [6, 6.07) is 3.16. The van der Waals surface area contributed by atoms with Crippen molar-refractivity contribution >= 4 is 17.7 Å². The van der Waals surface area contributed by atoms with E-state index in [4.69, 9.17) is 5.84 Å². The van der Waals surface area contributed by atoms with E-state index in [0.29, 0.717) is 16.6 Å². The Morgan fingerprint density at radius 1 is 1.41 bits per heavy atom. The number of nitrogens with zero attached hydrogens (tertiary/aromatic N) is 3. The minimum absolute atomic E-state index is 0.238. The Balaban J connectivity index is 2.09. The number of hydrogen-bond donors (Lipinski definition) is 3. The number of hydrogen-bond acceptors (Lipinski definition) is 7. The van der Waals surface area contributed by atoms with Crippen molar-refractivity contribution in [3.05, 3.63) is 40.6 Å². The van der Waals surface area contributed by atoms with E-state index in [-0.39, 0.29) is 11.5 Å². The van der Waals surface area contributed by atoms with Crippen LogP contribution in [0.3, 0.4) is 0 Å². The van der Waals surface area contributed by atoms with Gasteiger partial charge in [-0.15, -0.1) is 0 Å². The molecule has 0 radical (unpaired) electrons. The van der Waals surface area contributed by atoms with Crippen LogP contribution < -0.4 is 16.8 Å². The van der Waals surface area contributed by atoms with Gasteiger partial charge in [-0.3, -0.25) is 15.2 Å². The first-order valence-electron chi connectivity index (χ1n) is 4.74. The fourth-order valence-electron chi connectivity index (χ4n) is 1.15. The summed E-state index contributed by atoms with van der Waals surface area (Å²) in [5, 5.41) is 0.636. The monoisotopic (exact) mass is 250 g/mol. The van der Waals surface area contributed by atoms with E-state index in [1.807, 2.05) is 0 Å². The Morgan fingerprint density at radius 2 is 2.18 bits per heavy atom. The summed E-state index contributed by atoms with van der Waals surface area (Å²) in [6.45, 7) is 0. The van der Waals surface area contributed by atoms with Crippen molar-refractivity contribution in [2.24, 2.45) is 5.84 Å². The lowest BCUT2D eigenvalue weighted by Gasteiger charge is -2.02. The molecule has 0 amide bonds. The number of nitrogens with two attached hydrogens (primary N) is 1. The van der Waals surface area contributed by atoms with Gasteiger partial charge >= 0.3 is 0 Å². The fraction of sp³-hybridized carbons (Fsp3) is 0.111. The van der Waals surface area contributed by atoms with E-state index >= 15 is 0 Å². The van der Waals surface area contributed by atoms with Gasteiger partial charge in [0.05, 0.1) is 5.69 Å². The summed E-state index contributed by atoms with van der Waals surface area (Å²) in [5.74, 6) is 5.92. The fourth-order valence-corrected chi connectivity index (χ4v) is 1.84. The van der Waals surface area contributed by atoms with E-state index in [1.54, 1.807) is 18.5 Å². The molecule has 17 heavy (non-hydrogen) atoms. The molecule has 0 atom stereocenters. The summed E-state index contributed by atoms with van der Waals surface area (Å²) in [5.41, 5.74) is 2.66. The Bertz CT molecular complexity index is 543. The smallest absolute Gasteiger partial charge is 0.252 e. The molecule has 0 aliphatic carbocycles. The first kappa shape index (κ1) is 11.6. The molecular formula is C9H10N6OS. The highest BCUT2D eigenvalue weighted by Gasteiger charge is 2.02. The summed E-state index contributed by atoms with van der Waals surface area (Å²) in [6.07, 6.45) is 3.32. The van der Waals surface area contributed by atoms with Crippen molar-refractivity contribution in [1.82, 2.24) is 19.9 Å². The van der Waals surface area contributed by atoms with Crippen molar-refractivity contribution in [1.29, 1.82) is 0 Å². The topological polar surface area (TPSA) is 110 Å². The molecule has 0 fully saturated rings. The molecule has 88 valence electrons. The van der Waals surface area contributed by atoms with Gasteiger partial charge in [0.15, 0.2) is 5.16 Å². The van der Waals surface area contributed by atoms with Gasteiger partial charge in [0.1, 0.15) is 0 Å². The van der Waals surface area contributed by atoms with E-state index < -0.39 is 0 Å².